The Balaban J connectivity index is 1.99. The van der Waals surface area contributed by atoms with E-state index in [1.54, 1.807) is 6.92 Å². The topological polar surface area (TPSA) is 87.3 Å². The number of esters is 1. The Kier molecular flexibility index (Phi) is 4.29. The Labute approximate surface area is 115 Å². The first-order valence-electron chi connectivity index (χ1n) is 6.16. The van der Waals surface area contributed by atoms with Gasteiger partial charge >= 0.3 is 12.0 Å². The second-order valence-electron chi connectivity index (χ2n) is 4.12. The van der Waals surface area contributed by atoms with Crippen LogP contribution in [0.1, 0.15) is 34.6 Å². The van der Waals surface area contributed by atoms with Crippen LogP contribution in [-0.2, 0) is 11.3 Å². The summed E-state index contributed by atoms with van der Waals surface area (Å²) >= 11 is 0. The molecule has 0 aliphatic heterocycles. The molecule has 0 saturated heterocycles. The van der Waals surface area contributed by atoms with Gasteiger partial charge in [-0.25, -0.2) is 14.8 Å². The van der Waals surface area contributed by atoms with E-state index < -0.39 is 5.97 Å². The Morgan fingerprint density at radius 2 is 1.95 bits per heavy atom. The minimum atomic E-state index is -0.523. The highest BCUT2D eigenvalue weighted by molar-refractivity contribution is 5.87. The summed E-state index contributed by atoms with van der Waals surface area (Å²) in [5, 5.41) is 3.61. The molecule has 106 valence electrons. The van der Waals surface area contributed by atoms with E-state index >= 15 is 0 Å². The van der Waals surface area contributed by atoms with Crippen LogP contribution in [0.15, 0.2) is 16.7 Å². The molecule has 2 heterocycles. The zero-order chi connectivity index (χ0) is 14.5. The number of hydrogen-bond donors (Lipinski definition) is 0. The number of rotatable bonds is 5. The Morgan fingerprint density at radius 1 is 1.25 bits per heavy atom. The third kappa shape index (κ3) is 3.53. The number of nitrogens with zero attached hydrogens (tertiary/aromatic N) is 3. The largest absolute Gasteiger partial charge is 0.461 e. The molecule has 7 heteroatoms. The Hall–Kier alpha value is -2.44. The third-order valence-corrected chi connectivity index (χ3v) is 2.35. The maximum absolute atomic E-state index is 11.4. The first-order valence-corrected chi connectivity index (χ1v) is 6.16. The van der Waals surface area contributed by atoms with Crippen LogP contribution >= 0.6 is 0 Å². The van der Waals surface area contributed by atoms with Crippen LogP contribution in [0.5, 0.6) is 6.01 Å². The van der Waals surface area contributed by atoms with E-state index in [9.17, 15) is 4.79 Å². The van der Waals surface area contributed by atoms with Crippen molar-refractivity contribution in [2.75, 3.05) is 6.61 Å². The van der Waals surface area contributed by atoms with Gasteiger partial charge in [-0.15, -0.1) is 0 Å². The zero-order valence-electron chi connectivity index (χ0n) is 11.5. The molecule has 0 aliphatic carbocycles. The fourth-order valence-electron chi connectivity index (χ4n) is 1.58. The molecule has 0 unspecified atom stereocenters. The minimum absolute atomic E-state index is 0.0926. The molecule has 0 atom stereocenters. The van der Waals surface area contributed by atoms with Gasteiger partial charge in [-0.3, -0.25) is 0 Å². The summed E-state index contributed by atoms with van der Waals surface area (Å²) < 4.78 is 15.2. The number of hydrogen-bond acceptors (Lipinski definition) is 7. The van der Waals surface area contributed by atoms with Crippen LogP contribution in [0, 0.1) is 13.8 Å². The van der Waals surface area contributed by atoms with Gasteiger partial charge in [0, 0.05) is 17.5 Å². The van der Waals surface area contributed by atoms with Crippen LogP contribution in [0.4, 0.5) is 0 Å². The van der Waals surface area contributed by atoms with E-state index in [2.05, 4.69) is 15.1 Å². The first-order chi connectivity index (χ1) is 9.58. The lowest BCUT2D eigenvalue weighted by Gasteiger charge is -2.03. The molecule has 0 amide bonds. The number of ether oxygens (including phenoxy) is 2. The molecular formula is C13H15N3O4. The lowest BCUT2D eigenvalue weighted by atomic mass is 10.3. The maximum Gasteiger partial charge on any atom is 0.360 e. The van der Waals surface area contributed by atoms with Gasteiger partial charge in [-0.1, -0.05) is 5.16 Å². The Morgan fingerprint density at radius 3 is 2.60 bits per heavy atom. The van der Waals surface area contributed by atoms with E-state index in [4.69, 9.17) is 14.0 Å². The van der Waals surface area contributed by atoms with Crippen molar-refractivity contribution < 1.29 is 18.8 Å². The van der Waals surface area contributed by atoms with E-state index in [0.29, 0.717) is 5.76 Å². The number of aryl methyl sites for hydroxylation is 2. The maximum atomic E-state index is 11.4. The molecule has 0 spiro atoms. The highest BCUT2D eigenvalue weighted by Gasteiger charge is 2.14. The Bertz CT molecular complexity index is 589. The summed E-state index contributed by atoms with van der Waals surface area (Å²) in [4.78, 5) is 19.7. The number of carbonyl (C=O) groups is 1. The van der Waals surface area contributed by atoms with Gasteiger partial charge in [0.25, 0.3) is 0 Å². The monoisotopic (exact) mass is 277 g/mol. The average molecular weight is 277 g/mol. The molecule has 0 saturated carbocycles. The molecule has 0 radical (unpaired) electrons. The van der Waals surface area contributed by atoms with Crippen molar-refractivity contribution in [3.63, 3.8) is 0 Å². The first kappa shape index (κ1) is 14.0. The van der Waals surface area contributed by atoms with Crippen LogP contribution in [0.25, 0.3) is 0 Å². The molecule has 0 aliphatic rings. The molecule has 0 bridgehead atoms. The average Bonchev–Trinajstić information content (AvgIpc) is 2.84. The smallest absolute Gasteiger partial charge is 0.360 e. The number of aromatic nitrogens is 3. The van der Waals surface area contributed by atoms with E-state index in [0.717, 1.165) is 11.4 Å². The predicted octanol–water partition coefficient (Wildman–Crippen LogP) is 1.84. The second kappa shape index (κ2) is 6.14. The quantitative estimate of drug-likeness (QED) is 0.770. The van der Waals surface area contributed by atoms with Crippen molar-refractivity contribution in [2.45, 2.75) is 27.4 Å². The third-order valence-electron chi connectivity index (χ3n) is 2.35. The van der Waals surface area contributed by atoms with Crippen molar-refractivity contribution in [3.8, 4) is 6.01 Å². The summed E-state index contributed by atoms with van der Waals surface area (Å²) in [6.45, 7) is 5.81. The summed E-state index contributed by atoms with van der Waals surface area (Å²) in [7, 11) is 0. The van der Waals surface area contributed by atoms with Crippen molar-refractivity contribution in [3.05, 3.63) is 35.0 Å². The standard InChI is InChI=1S/C13H15N3O4/c1-4-18-12(17)11-6-10(20-16-11)7-19-13-14-8(2)5-9(3)15-13/h5-6H,4,7H2,1-3H3. The molecule has 20 heavy (non-hydrogen) atoms. The van der Waals surface area contributed by atoms with Crippen LogP contribution in [0.2, 0.25) is 0 Å². The molecule has 0 N–H and O–H groups in total. The fourth-order valence-corrected chi connectivity index (χ4v) is 1.58. The van der Waals surface area contributed by atoms with E-state index in [1.165, 1.54) is 6.07 Å². The lowest BCUT2D eigenvalue weighted by molar-refractivity contribution is 0.0514. The van der Waals surface area contributed by atoms with Gasteiger partial charge in [0.2, 0.25) is 0 Å². The van der Waals surface area contributed by atoms with Gasteiger partial charge < -0.3 is 14.0 Å². The van der Waals surface area contributed by atoms with Gasteiger partial charge in [-0.2, -0.15) is 0 Å². The van der Waals surface area contributed by atoms with Gasteiger partial charge in [-0.05, 0) is 26.8 Å². The van der Waals surface area contributed by atoms with E-state index in [1.807, 2.05) is 19.9 Å². The van der Waals surface area contributed by atoms with Gasteiger partial charge in [0.1, 0.15) is 0 Å². The normalized spacial score (nSPS) is 10.3. The van der Waals surface area contributed by atoms with Crippen molar-refractivity contribution in [1.29, 1.82) is 0 Å². The highest BCUT2D eigenvalue weighted by Crippen LogP contribution is 2.10. The molecule has 2 aromatic heterocycles. The molecule has 2 rings (SSSR count). The van der Waals surface area contributed by atoms with Crippen molar-refractivity contribution in [2.24, 2.45) is 0 Å². The SMILES string of the molecule is CCOC(=O)c1cc(COc2nc(C)cc(C)n2)on1. The van der Waals surface area contributed by atoms with Crippen molar-refractivity contribution >= 4 is 5.97 Å². The lowest BCUT2D eigenvalue weighted by Crippen LogP contribution is -2.04. The molecule has 0 aromatic carbocycles. The summed E-state index contributed by atoms with van der Waals surface area (Å²) in [6, 6.07) is 3.58. The minimum Gasteiger partial charge on any atom is -0.461 e. The second-order valence-corrected chi connectivity index (χ2v) is 4.12. The van der Waals surface area contributed by atoms with E-state index in [-0.39, 0.29) is 24.9 Å². The predicted molar refractivity (Wildman–Crippen MR) is 68.3 cm³/mol. The van der Waals surface area contributed by atoms with Crippen LogP contribution < -0.4 is 4.74 Å². The van der Waals surface area contributed by atoms with Crippen LogP contribution in [0.3, 0.4) is 0 Å². The van der Waals surface area contributed by atoms with Crippen LogP contribution in [-0.4, -0.2) is 27.7 Å². The van der Waals surface area contributed by atoms with Gasteiger partial charge in [0.05, 0.1) is 6.61 Å². The summed E-state index contributed by atoms with van der Waals surface area (Å²) in [5.74, 6) is -0.124. The summed E-state index contributed by atoms with van der Waals surface area (Å²) in [6.07, 6.45) is 0. The zero-order valence-corrected chi connectivity index (χ0v) is 11.5. The molecule has 7 nitrogen and oxygen atoms in total. The summed E-state index contributed by atoms with van der Waals surface area (Å²) in [5.41, 5.74) is 1.75. The highest BCUT2D eigenvalue weighted by atomic mass is 16.5. The number of carbonyl (C=O) groups excluding carboxylic acids is 1. The van der Waals surface area contributed by atoms with Crippen molar-refractivity contribution in [1.82, 2.24) is 15.1 Å². The molecular weight excluding hydrogens is 262 g/mol. The molecule has 0 fully saturated rings. The van der Waals surface area contributed by atoms with Gasteiger partial charge in [0.15, 0.2) is 18.1 Å². The fraction of sp³-hybridized carbons (Fsp3) is 0.385. The molecule has 2 aromatic rings.